The van der Waals surface area contributed by atoms with E-state index in [2.05, 4.69) is 14.7 Å². The quantitative estimate of drug-likeness (QED) is 0.650. The molecule has 0 unspecified atom stereocenters. The van der Waals surface area contributed by atoms with E-state index in [0.29, 0.717) is 32.0 Å². The molecule has 3 aromatic rings. The highest BCUT2D eigenvalue weighted by Crippen LogP contribution is 2.31. The number of aryl methyl sites for hydroxylation is 1. The fraction of sp³-hybridized carbons (Fsp3) is 0.300. The molecule has 1 aromatic carbocycles. The first-order valence-corrected chi connectivity index (χ1v) is 9.25. The van der Waals surface area contributed by atoms with Crippen LogP contribution in [0, 0.1) is 0 Å². The zero-order valence-corrected chi connectivity index (χ0v) is 16.1. The van der Waals surface area contributed by atoms with Crippen molar-refractivity contribution in [2.45, 2.75) is 6.36 Å². The number of hydrogen-bond donors (Lipinski definition) is 0. The van der Waals surface area contributed by atoms with E-state index in [0.717, 1.165) is 16.8 Å². The summed E-state index contributed by atoms with van der Waals surface area (Å²) in [6.45, 7) is 2.44. The molecule has 1 fully saturated rings. The maximum atomic E-state index is 12.9. The third-order valence-corrected chi connectivity index (χ3v) is 4.75. The molecule has 0 bridgehead atoms. The number of hydrogen-bond acceptors (Lipinski definition) is 5. The minimum Gasteiger partial charge on any atom is -0.406 e. The predicted molar refractivity (Wildman–Crippen MR) is 104 cm³/mol. The third-order valence-electron chi connectivity index (χ3n) is 4.75. The number of anilines is 1. The number of halogens is 3. The number of nitrogens with zero attached hydrogens (tertiary/aromatic N) is 4. The van der Waals surface area contributed by atoms with Gasteiger partial charge in [0.15, 0.2) is 0 Å². The van der Waals surface area contributed by atoms with Gasteiger partial charge in [0.25, 0.3) is 5.56 Å². The molecule has 0 atom stereocenters. The zero-order chi connectivity index (χ0) is 21.3. The summed E-state index contributed by atoms with van der Waals surface area (Å²) in [6.07, 6.45) is 0.456. The van der Waals surface area contributed by atoms with Crippen LogP contribution >= 0.6 is 0 Å². The molecular formula is C20H19F3N4O3. The van der Waals surface area contributed by atoms with Crippen LogP contribution in [0.2, 0.25) is 0 Å². The van der Waals surface area contributed by atoms with Gasteiger partial charge in [-0.05, 0) is 24.3 Å². The normalized spacial score (nSPS) is 14.7. The molecular weight excluding hydrogens is 401 g/mol. The van der Waals surface area contributed by atoms with Crippen molar-refractivity contribution < 1.29 is 22.6 Å². The van der Waals surface area contributed by atoms with Crippen LogP contribution in [0.15, 0.2) is 53.7 Å². The van der Waals surface area contributed by atoms with Crippen molar-refractivity contribution in [2.75, 3.05) is 31.2 Å². The van der Waals surface area contributed by atoms with Crippen LogP contribution in [0.5, 0.6) is 5.75 Å². The van der Waals surface area contributed by atoms with Crippen LogP contribution < -0.4 is 15.2 Å². The van der Waals surface area contributed by atoms with Crippen LogP contribution in [0.3, 0.4) is 0 Å². The molecule has 158 valence electrons. The van der Waals surface area contributed by atoms with E-state index in [1.807, 2.05) is 6.20 Å². The molecule has 0 N–H and O–H groups in total. The van der Waals surface area contributed by atoms with Crippen LogP contribution in [0.1, 0.15) is 0 Å². The topological polar surface area (TPSA) is 61.5 Å². The molecule has 1 aliphatic rings. The lowest BCUT2D eigenvalue weighted by Gasteiger charge is -2.30. The number of ether oxygens (including phenoxy) is 2. The van der Waals surface area contributed by atoms with Gasteiger partial charge in [0.1, 0.15) is 5.75 Å². The number of benzene rings is 1. The Labute approximate surface area is 169 Å². The number of morpholine rings is 1. The van der Waals surface area contributed by atoms with Gasteiger partial charge in [-0.25, -0.2) is 0 Å². The minimum absolute atomic E-state index is 0.298. The molecule has 0 amide bonds. The largest absolute Gasteiger partial charge is 0.573 e. The van der Waals surface area contributed by atoms with E-state index in [1.165, 1.54) is 34.9 Å². The van der Waals surface area contributed by atoms with Gasteiger partial charge in [0.2, 0.25) is 0 Å². The van der Waals surface area contributed by atoms with Gasteiger partial charge in [-0.3, -0.25) is 14.0 Å². The number of aromatic nitrogens is 3. The summed E-state index contributed by atoms with van der Waals surface area (Å²) in [5.74, 6) is -0.350. The average Bonchev–Trinajstić information content (AvgIpc) is 3.14. The Hall–Kier alpha value is -3.27. The van der Waals surface area contributed by atoms with Crippen molar-refractivity contribution in [3.05, 3.63) is 59.3 Å². The molecule has 0 saturated carbocycles. The zero-order valence-electron chi connectivity index (χ0n) is 16.1. The number of rotatable bonds is 4. The summed E-state index contributed by atoms with van der Waals surface area (Å²) in [5, 5.41) is 4.21. The molecule has 10 heteroatoms. The van der Waals surface area contributed by atoms with E-state index in [4.69, 9.17) is 4.74 Å². The van der Waals surface area contributed by atoms with Crippen LogP contribution in [-0.2, 0) is 11.8 Å². The molecule has 0 radical (unpaired) electrons. The molecule has 0 aliphatic carbocycles. The summed E-state index contributed by atoms with van der Waals surface area (Å²) < 4.78 is 49.5. The van der Waals surface area contributed by atoms with E-state index in [-0.39, 0.29) is 11.3 Å². The summed E-state index contributed by atoms with van der Waals surface area (Å²) >= 11 is 0. The van der Waals surface area contributed by atoms with Crippen molar-refractivity contribution in [3.8, 4) is 22.6 Å². The van der Waals surface area contributed by atoms with E-state index in [9.17, 15) is 18.0 Å². The highest BCUT2D eigenvalue weighted by atomic mass is 19.4. The average molecular weight is 420 g/mol. The van der Waals surface area contributed by atoms with Gasteiger partial charge in [0.05, 0.1) is 25.1 Å². The highest BCUT2D eigenvalue weighted by Gasteiger charge is 2.31. The second kappa shape index (κ2) is 7.86. The van der Waals surface area contributed by atoms with Gasteiger partial charge in [-0.1, -0.05) is 0 Å². The Morgan fingerprint density at radius 1 is 1.10 bits per heavy atom. The van der Waals surface area contributed by atoms with Gasteiger partial charge in [-0.15, -0.1) is 13.2 Å². The maximum absolute atomic E-state index is 12.9. The van der Waals surface area contributed by atoms with Crippen molar-refractivity contribution in [1.29, 1.82) is 0 Å². The standard InChI is InChI=1S/C20H19F3N4O3/c1-25-12-14(11-24-25)17-13-27(15-2-4-16(5-3-15)30-20(21,22)23)19(28)10-18(17)26-6-8-29-9-7-26/h2-5,10-13H,6-9H2,1H3. The first kappa shape index (κ1) is 20.0. The van der Waals surface area contributed by atoms with Gasteiger partial charge < -0.3 is 14.4 Å². The molecule has 7 nitrogen and oxygen atoms in total. The SMILES string of the molecule is Cn1cc(-c2cn(-c3ccc(OC(F)(F)F)cc3)c(=O)cc2N2CCOCC2)cn1. The van der Waals surface area contributed by atoms with E-state index in [1.54, 1.807) is 24.1 Å². The predicted octanol–water partition coefficient (Wildman–Crippen LogP) is 2.97. The Morgan fingerprint density at radius 2 is 1.80 bits per heavy atom. The molecule has 3 heterocycles. The maximum Gasteiger partial charge on any atom is 0.573 e. The lowest BCUT2D eigenvalue weighted by Crippen LogP contribution is -2.37. The van der Waals surface area contributed by atoms with Gasteiger partial charge in [-0.2, -0.15) is 5.10 Å². The lowest BCUT2D eigenvalue weighted by molar-refractivity contribution is -0.274. The van der Waals surface area contributed by atoms with E-state index < -0.39 is 6.36 Å². The van der Waals surface area contributed by atoms with Crippen molar-refractivity contribution >= 4 is 5.69 Å². The summed E-state index contributed by atoms with van der Waals surface area (Å²) in [7, 11) is 1.80. The molecule has 0 spiro atoms. The molecule has 4 rings (SSSR count). The van der Waals surface area contributed by atoms with Gasteiger partial charge >= 0.3 is 6.36 Å². The molecule has 30 heavy (non-hydrogen) atoms. The second-order valence-corrected chi connectivity index (χ2v) is 6.82. The smallest absolute Gasteiger partial charge is 0.406 e. The number of pyridine rings is 1. The summed E-state index contributed by atoms with van der Waals surface area (Å²) in [4.78, 5) is 14.9. The molecule has 1 aliphatic heterocycles. The van der Waals surface area contributed by atoms with Crippen molar-refractivity contribution in [3.63, 3.8) is 0 Å². The Bertz CT molecular complexity index is 1080. The minimum atomic E-state index is -4.77. The van der Waals surface area contributed by atoms with Crippen LogP contribution in [0.25, 0.3) is 16.8 Å². The van der Waals surface area contributed by atoms with Crippen molar-refractivity contribution in [1.82, 2.24) is 14.3 Å². The van der Waals surface area contributed by atoms with Crippen LogP contribution in [0.4, 0.5) is 18.9 Å². The third kappa shape index (κ3) is 4.33. The Kier molecular flexibility index (Phi) is 5.25. The second-order valence-electron chi connectivity index (χ2n) is 6.82. The van der Waals surface area contributed by atoms with Gasteiger partial charge in [0, 0.05) is 55.4 Å². The first-order valence-electron chi connectivity index (χ1n) is 9.25. The molecule has 2 aromatic heterocycles. The summed E-state index contributed by atoms with van der Waals surface area (Å²) in [5.41, 5.74) is 2.51. The lowest BCUT2D eigenvalue weighted by atomic mass is 10.1. The summed E-state index contributed by atoms with van der Waals surface area (Å²) in [6, 6.07) is 6.70. The monoisotopic (exact) mass is 420 g/mol. The molecule has 1 saturated heterocycles. The Morgan fingerprint density at radius 3 is 2.40 bits per heavy atom. The fourth-order valence-corrected chi connectivity index (χ4v) is 3.38. The Balaban J connectivity index is 1.76. The number of alkyl halides is 3. The highest BCUT2D eigenvalue weighted by molar-refractivity contribution is 5.77. The van der Waals surface area contributed by atoms with E-state index >= 15 is 0 Å². The fourth-order valence-electron chi connectivity index (χ4n) is 3.38. The first-order chi connectivity index (χ1) is 14.3. The van der Waals surface area contributed by atoms with Crippen molar-refractivity contribution in [2.24, 2.45) is 7.05 Å². The van der Waals surface area contributed by atoms with Crippen LogP contribution in [-0.4, -0.2) is 47.0 Å².